The molecule has 0 bridgehead atoms. The Balaban J connectivity index is 1.56. The van der Waals surface area contributed by atoms with Crippen LogP contribution >= 0.6 is 23.4 Å². The number of hydrogen-bond donors (Lipinski definition) is 0. The average Bonchev–Trinajstić information content (AvgIpc) is 2.91. The second kappa shape index (κ2) is 8.16. The van der Waals surface area contributed by atoms with Crippen molar-refractivity contribution in [2.24, 2.45) is 0 Å². The number of rotatable bonds is 2. The zero-order valence-electron chi connectivity index (χ0n) is 16.4. The van der Waals surface area contributed by atoms with Crippen molar-refractivity contribution < 1.29 is 4.74 Å². The van der Waals surface area contributed by atoms with E-state index in [2.05, 4.69) is 78.6 Å². The van der Waals surface area contributed by atoms with E-state index in [9.17, 15) is 0 Å². The van der Waals surface area contributed by atoms with E-state index in [0.717, 1.165) is 24.6 Å². The smallest absolute Gasteiger partial charge is 0.0978 e. The van der Waals surface area contributed by atoms with Gasteiger partial charge in [0.1, 0.15) is 0 Å². The van der Waals surface area contributed by atoms with Gasteiger partial charge in [-0.05, 0) is 54.3 Å². The normalized spacial score (nSPS) is 24.4. The Bertz CT molecular complexity index is 1010. The van der Waals surface area contributed by atoms with Gasteiger partial charge in [0.2, 0.25) is 0 Å². The molecule has 2 aliphatic heterocycles. The third-order valence-corrected chi connectivity index (χ3v) is 7.52. The van der Waals surface area contributed by atoms with Crippen LogP contribution in [0.5, 0.6) is 0 Å². The minimum atomic E-state index is 0.0822. The molecule has 1 saturated heterocycles. The summed E-state index contributed by atoms with van der Waals surface area (Å²) in [5, 5.41) is 0.806. The molecule has 2 aliphatic rings. The van der Waals surface area contributed by atoms with Crippen molar-refractivity contribution in [3.8, 4) is 0 Å². The predicted molar refractivity (Wildman–Crippen MR) is 120 cm³/mol. The van der Waals surface area contributed by atoms with Crippen LogP contribution in [0.15, 0.2) is 82.6 Å². The predicted octanol–water partition coefficient (Wildman–Crippen LogP) is 6.55. The van der Waals surface area contributed by atoms with Crippen LogP contribution in [0, 0.1) is 0 Å². The van der Waals surface area contributed by atoms with Crippen molar-refractivity contribution in [1.29, 1.82) is 0 Å². The summed E-state index contributed by atoms with van der Waals surface area (Å²) in [5.74, 6) is 0. The molecule has 2 nitrogen and oxygen atoms in total. The summed E-state index contributed by atoms with van der Waals surface area (Å²) >= 11 is 8.32. The van der Waals surface area contributed by atoms with Crippen molar-refractivity contribution >= 4 is 23.4 Å². The largest absolute Gasteiger partial charge is 0.371 e. The lowest BCUT2D eigenvalue weighted by atomic mass is 9.92. The minimum Gasteiger partial charge on any atom is -0.371 e. The SMILES string of the molecule is CC1C(c2ccccc2)OCCN1C1Cc2ccccc2Sc2ccc(Cl)cc21. The van der Waals surface area contributed by atoms with Gasteiger partial charge in [0, 0.05) is 33.4 Å². The number of halogens is 1. The van der Waals surface area contributed by atoms with Gasteiger partial charge in [-0.15, -0.1) is 0 Å². The topological polar surface area (TPSA) is 12.5 Å². The lowest BCUT2D eigenvalue weighted by Gasteiger charge is -2.44. The van der Waals surface area contributed by atoms with Crippen LogP contribution in [-0.4, -0.2) is 24.1 Å². The molecule has 0 spiro atoms. The molecule has 3 aromatic rings. The van der Waals surface area contributed by atoms with Crippen LogP contribution in [-0.2, 0) is 11.2 Å². The van der Waals surface area contributed by atoms with Crippen molar-refractivity contribution in [1.82, 2.24) is 4.90 Å². The number of nitrogens with zero attached hydrogens (tertiary/aromatic N) is 1. The van der Waals surface area contributed by atoms with E-state index < -0.39 is 0 Å². The number of benzene rings is 3. The molecule has 0 aliphatic carbocycles. The summed E-state index contributed by atoms with van der Waals surface area (Å²) in [6, 6.07) is 26.3. The van der Waals surface area contributed by atoms with E-state index in [1.807, 2.05) is 17.8 Å². The molecule has 29 heavy (non-hydrogen) atoms. The summed E-state index contributed by atoms with van der Waals surface area (Å²) in [5.41, 5.74) is 3.99. The molecule has 0 N–H and O–H groups in total. The summed E-state index contributed by atoms with van der Waals surface area (Å²) in [7, 11) is 0. The van der Waals surface area contributed by atoms with Crippen LogP contribution in [0.1, 0.15) is 35.8 Å². The fourth-order valence-corrected chi connectivity index (χ4v) is 5.93. The molecule has 1 fully saturated rings. The maximum Gasteiger partial charge on any atom is 0.0978 e. The first-order valence-corrected chi connectivity index (χ1v) is 11.4. The Morgan fingerprint density at radius 3 is 2.62 bits per heavy atom. The number of ether oxygens (including phenoxy) is 1. The molecule has 0 aromatic heterocycles. The van der Waals surface area contributed by atoms with Crippen LogP contribution in [0.2, 0.25) is 5.02 Å². The fourth-order valence-electron chi connectivity index (χ4n) is 4.64. The zero-order valence-corrected chi connectivity index (χ0v) is 18.0. The average molecular weight is 422 g/mol. The Labute approximate surface area is 181 Å². The van der Waals surface area contributed by atoms with Gasteiger partial charge in [-0.2, -0.15) is 0 Å². The molecular formula is C25H24ClNOS. The van der Waals surface area contributed by atoms with Gasteiger partial charge in [0.25, 0.3) is 0 Å². The Hall–Kier alpha value is -1.78. The molecule has 2 heterocycles. The van der Waals surface area contributed by atoms with Gasteiger partial charge >= 0.3 is 0 Å². The van der Waals surface area contributed by atoms with E-state index in [1.165, 1.54) is 26.5 Å². The van der Waals surface area contributed by atoms with Crippen molar-refractivity contribution in [3.63, 3.8) is 0 Å². The first-order valence-electron chi connectivity index (χ1n) is 10.2. The monoisotopic (exact) mass is 421 g/mol. The van der Waals surface area contributed by atoms with Gasteiger partial charge in [-0.25, -0.2) is 0 Å². The van der Waals surface area contributed by atoms with Gasteiger partial charge in [0.05, 0.1) is 12.7 Å². The molecule has 3 aromatic carbocycles. The standard InChI is InChI=1S/C25H24ClNOS/c1-17-25(18-7-3-2-4-8-18)28-14-13-27(17)22-15-19-9-5-6-10-23(19)29-24-12-11-20(26)16-21(22)24/h2-12,16-17,22,25H,13-15H2,1H3. The zero-order chi connectivity index (χ0) is 19.8. The first-order chi connectivity index (χ1) is 14.2. The number of morpholine rings is 1. The van der Waals surface area contributed by atoms with Gasteiger partial charge in [-0.3, -0.25) is 4.90 Å². The van der Waals surface area contributed by atoms with E-state index in [4.69, 9.17) is 16.3 Å². The fraction of sp³-hybridized carbons (Fsp3) is 0.280. The van der Waals surface area contributed by atoms with Crippen LogP contribution in [0.25, 0.3) is 0 Å². The van der Waals surface area contributed by atoms with Crippen LogP contribution < -0.4 is 0 Å². The van der Waals surface area contributed by atoms with Crippen LogP contribution in [0.3, 0.4) is 0 Å². The lowest BCUT2D eigenvalue weighted by Crippen LogP contribution is -2.47. The second-order valence-corrected chi connectivity index (χ2v) is 9.31. The highest BCUT2D eigenvalue weighted by Gasteiger charge is 2.37. The molecule has 3 atom stereocenters. The minimum absolute atomic E-state index is 0.0822. The van der Waals surface area contributed by atoms with E-state index in [-0.39, 0.29) is 18.2 Å². The van der Waals surface area contributed by atoms with E-state index in [1.54, 1.807) is 0 Å². The Morgan fingerprint density at radius 1 is 0.966 bits per heavy atom. The molecule has 0 amide bonds. The van der Waals surface area contributed by atoms with E-state index in [0.29, 0.717) is 0 Å². The molecular weight excluding hydrogens is 398 g/mol. The van der Waals surface area contributed by atoms with Gasteiger partial charge in [-0.1, -0.05) is 71.9 Å². The third-order valence-electron chi connectivity index (χ3n) is 6.07. The molecule has 4 heteroatoms. The van der Waals surface area contributed by atoms with Crippen LogP contribution in [0.4, 0.5) is 0 Å². The van der Waals surface area contributed by atoms with Gasteiger partial charge in [0.15, 0.2) is 0 Å². The maximum absolute atomic E-state index is 6.45. The Kier molecular flexibility index (Phi) is 5.40. The first kappa shape index (κ1) is 19.2. The van der Waals surface area contributed by atoms with Crippen molar-refractivity contribution in [3.05, 3.63) is 94.5 Å². The lowest BCUT2D eigenvalue weighted by molar-refractivity contribution is -0.0837. The summed E-state index contributed by atoms with van der Waals surface area (Å²) < 4.78 is 6.24. The second-order valence-electron chi connectivity index (χ2n) is 7.79. The summed E-state index contributed by atoms with van der Waals surface area (Å²) in [4.78, 5) is 5.28. The molecule has 148 valence electrons. The highest BCUT2D eigenvalue weighted by Crippen LogP contribution is 2.45. The molecule has 3 unspecified atom stereocenters. The number of fused-ring (bicyclic) bond motifs is 2. The van der Waals surface area contributed by atoms with Crippen molar-refractivity contribution in [2.75, 3.05) is 13.2 Å². The maximum atomic E-state index is 6.45. The Morgan fingerprint density at radius 2 is 1.76 bits per heavy atom. The summed E-state index contributed by atoms with van der Waals surface area (Å²) in [6.07, 6.45) is 1.07. The van der Waals surface area contributed by atoms with Crippen molar-refractivity contribution in [2.45, 2.75) is 41.3 Å². The highest BCUT2D eigenvalue weighted by molar-refractivity contribution is 7.99. The molecule has 0 radical (unpaired) electrons. The summed E-state index contributed by atoms with van der Waals surface area (Å²) in [6.45, 7) is 3.96. The third kappa shape index (κ3) is 3.73. The molecule has 0 saturated carbocycles. The van der Waals surface area contributed by atoms with E-state index >= 15 is 0 Å². The molecule has 5 rings (SSSR count). The highest BCUT2D eigenvalue weighted by atomic mass is 35.5. The van der Waals surface area contributed by atoms with Gasteiger partial charge < -0.3 is 4.74 Å². The quantitative estimate of drug-likeness (QED) is 0.465. The number of hydrogen-bond acceptors (Lipinski definition) is 3.